The highest BCUT2D eigenvalue weighted by Crippen LogP contribution is 2.48. The molecule has 130 valence electrons. The Morgan fingerprint density at radius 3 is 2.79 bits per heavy atom. The van der Waals surface area contributed by atoms with Crippen molar-refractivity contribution in [3.63, 3.8) is 0 Å². The van der Waals surface area contributed by atoms with E-state index in [4.69, 9.17) is 4.74 Å². The molecule has 3 aliphatic rings. The minimum absolute atomic E-state index is 0.0480. The summed E-state index contributed by atoms with van der Waals surface area (Å²) in [4.78, 5) is 39.0. The van der Waals surface area contributed by atoms with E-state index < -0.39 is 42.1 Å². The molecule has 0 spiro atoms. The number of piperidine rings is 1. The maximum Gasteiger partial charge on any atom is 0.410 e. The number of likely N-dealkylation sites (tertiary alicyclic amines) is 1. The normalized spacial score (nSPS) is 29.6. The van der Waals surface area contributed by atoms with Crippen molar-refractivity contribution in [3.8, 4) is 0 Å². The summed E-state index contributed by atoms with van der Waals surface area (Å²) >= 11 is 0. The van der Waals surface area contributed by atoms with Crippen LogP contribution >= 0.6 is 0 Å². The van der Waals surface area contributed by atoms with Gasteiger partial charge in [0.2, 0.25) is 5.91 Å². The molecule has 0 unspecified atom stereocenters. The molecule has 0 saturated carbocycles. The predicted molar refractivity (Wildman–Crippen MR) is 81.7 cm³/mol. The van der Waals surface area contributed by atoms with Crippen LogP contribution in [0, 0.1) is 5.92 Å². The molecule has 0 aromatic carbocycles. The Balaban J connectivity index is 1.98. The van der Waals surface area contributed by atoms with Crippen LogP contribution in [0.3, 0.4) is 0 Å². The van der Waals surface area contributed by atoms with E-state index in [0.29, 0.717) is 25.0 Å². The maximum absolute atomic E-state index is 12.3. The predicted octanol–water partition coefficient (Wildman–Crippen LogP) is 0.333. The molecule has 3 aliphatic heterocycles. The van der Waals surface area contributed by atoms with Gasteiger partial charge in [0, 0.05) is 6.54 Å². The number of carbonyl (C=O) groups is 3. The lowest BCUT2D eigenvalue weighted by Gasteiger charge is -2.49. The van der Waals surface area contributed by atoms with E-state index in [2.05, 4.69) is 6.58 Å². The van der Waals surface area contributed by atoms with Gasteiger partial charge < -0.3 is 14.9 Å². The van der Waals surface area contributed by atoms with Crippen molar-refractivity contribution in [2.45, 2.75) is 38.0 Å². The van der Waals surface area contributed by atoms with Gasteiger partial charge in [0.15, 0.2) is 0 Å². The minimum Gasteiger partial charge on any atom is -0.477 e. The Morgan fingerprint density at radius 1 is 1.50 bits per heavy atom. The fourth-order valence-electron chi connectivity index (χ4n) is 4.00. The molecule has 2 fully saturated rings. The molecule has 2 saturated heterocycles. The van der Waals surface area contributed by atoms with Crippen LogP contribution in [0.4, 0.5) is 4.79 Å². The van der Waals surface area contributed by atoms with Crippen molar-refractivity contribution in [2.24, 2.45) is 5.92 Å². The number of carbonyl (C=O) groups excluding carboxylic acids is 2. The second-order valence-electron chi connectivity index (χ2n) is 6.25. The second kappa shape index (κ2) is 5.94. The Morgan fingerprint density at radius 2 is 2.21 bits per heavy atom. The fraction of sp³-hybridized carbons (Fsp3) is 0.562. The molecule has 0 bridgehead atoms. The quantitative estimate of drug-likeness (QED) is 0.566. The third-order valence-corrected chi connectivity index (χ3v) is 4.88. The van der Waals surface area contributed by atoms with Gasteiger partial charge in [0.1, 0.15) is 12.3 Å². The smallest absolute Gasteiger partial charge is 0.410 e. The van der Waals surface area contributed by atoms with Crippen molar-refractivity contribution in [3.05, 3.63) is 23.9 Å². The Bertz CT molecular complexity index is 640. The topological polar surface area (TPSA) is 107 Å². The summed E-state index contributed by atoms with van der Waals surface area (Å²) in [5, 5.41) is 19.4. The number of aliphatic carboxylic acids is 1. The van der Waals surface area contributed by atoms with Crippen LogP contribution in [0.1, 0.15) is 19.8 Å². The van der Waals surface area contributed by atoms with Gasteiger partial charge in [-0.1, -0.05) is 12.7 Å². The summed E-state index contributed by atoms with van der Waals surface area (Å²) in [6, 6.07) is -1.10. The molecule has 4 atom stereocenters. The van der Waals surface area contributed by atoms with E-state index in [1.54, 1.807) is 0 Å². The zero-order valence-electron chi connectivity index (χ0n) is 13.3. The van der Waals surface area contributed by atoms with Gasteiger partial charge in [-0.2, -0.15) is 0 Å². The van der Waals surface area contributed by atoms with Gasteiger partial charge in [-0.15, -0.1) is 0 Å². The number of nitrogens with zero attached hydrogens (tertiary/aromatic N) is 2. The monoisotopic (exact) mass is 336 g/mol. The summed E-state index contributed by atoms with van der Waals surface area (Å²) in [7, 11) is 0. The van der Waals surface area contributed by atoms with Crippen LogP contribution < -0.4 is 0 Å². The van der Waals surface area contributed by atoms with Gasteiger partial charge in [-0.3, -0.25) is 14.6 Å². The molecular weight excluding hydrogens is 316 g/mol. The average molecular weight is 336 g/mol. The number of aliphatic hydroxyl groups is 1. The van der Waals surface area contributed by atoms with Crippen molar-refractivity contribution >= 4 is 18.0 Å². The van der Waals surface area contributed by atoms with E-state index >= 15 is 0 Å². The highest BCUT2D eigenvalue weighted by atomic mass is 16.6. The van der Waals surface area contributed by atoms with Gasteiger partial charge in [-0.25, -0.2) is 9.59 Å². The van der Waals surface area contributed by atoms with E-state index in [1.165, 1.54) is 22.8 Å². The van der Waals surface area contributed by atoms with Crippen LogP contribution in [0.15, 0.2) is 23.9 Å². The molecule has 8 heteroatoms. The number of ether oxygens (including phenoxy) is 1. The lowest BCUT2D eigenvalue weighted by molar-refractivity contribution is -0.163. The molecule has 3 rings (SSSR count). The largest absolute Gasteiger partial charge is 0.477 e. The molecule has 2 amide bonds. The summed E-state index contributed by atoms with van der Waals surface area (Å²) in [6.45, 7) is 5.47. The van der Waals surface area contributed by atoms with Gasteiger partial charge in [0.25, 0.3) is 0 Å². The number of hydrogen-bond acceptors (Lipinski definition) is 5. The molecule has 0 aromatic heterocycles. The molecule has 0 radical (unpaired) electrons. The number of amides is 2. The number of carboxylic acids is 1. The number of β-lactam (4-membered cyclic amide) rings is 1. The van der Waals surface area contributed by atoms with Crippen LogP contribution in [0.2, 0.25) is 0 Å². The number of fused-ring (bicyclic) bond motifs is 3. The highest BCUT2D eigenvalue weighted by Gasteiger charge is 2.63. The van der Waals surface area contributed by atoms with Crippen LogP contribution in [-0.2, 0) is 14.3 Å². The summed E-state index contributed by atoms with van der Waals surface area (Å²) < 4.78 is 5.10. The van der Waals surface area contributed by atoms with Crippen molar-refractivity contribution in [2.75, 3.05) is 13.2 Å². The second-order valence-corrected chi connectivity index (χ2v) is 6.25. The standard InChI is InChI=1S/C16H20N2O6/c1-3-7-24-16(23)17-6-4-5-9-11(17)13-10(8(2)19)14(20)18(13)12(9)15(21)22/h3,8,10-11,13,19H,1,4-7H2,2H3,(H,21,22)/t8-,10-,11-,13+/m1/s1. The third-order valence-electron chi connectivity index (χ3n) is 4.88. The van der Waals surface area contributed by atoms with E-state index in [9.17, 15) is 24.6 Å². The number of rotatable bonds is 4. The minimum atomic E-state index is -1.18. The zero-order chi connectivity index (χ0) is 17.6. The first-order valence-electron chi connectivity index (χ1n) is 7.92. The van der Waals surface area contributed by atoms with Gasteiger partial charge in [-0.05, 0) is 25.3 Å². The number of hydrogen-bond donors (Lipinski definition) is 2. The third kappa shape index (κ3) is 2.21. The lowest BCUT2D eigenvalue weighted by atomic mass is 9.78. The fourth-order valence-corrected chi connectivity index (χ4v) is 4.00. The van der Waals surface area contributed by atoms with Crippen molar-refractivity contribution in [1.82, 2.24) is 9.80 Å². The Hall–Kier alpha value is -2.35. The van der Waals surface area contributed by atoms with Crippen LogP contribution in [0.25, 0.3) is 0 Å². The van der Waals surface area contributed by atoms with E-state index in [1.807, 2.05) is 0 Å². The van der Waals surface area contributed by atoms with Crippen LogP contribution in [-0.4, -0.2) is 69.3 Å². The zero-order valence-corrected chi connectivity index (χ0v) is 13.3. The van der Waals surface area contributed by atoms with Crippen molar-refractivity contribution in [1.29, 1.82) is 0 Å². The molecule has 3 heterocycles. The molecule has 2 N–H and O–H groups in total. The first-order chi connectivity index (χ1) is 11.4. The SMILES string of the molecule is C=CCOC(=O)N1CCCC2=C(C(=O)O)N3C(=O)[C@H]([C@@H](C)O)[C@H]3[C@@H]21. The Kier molecular flexibility index (Phi) is 4.08. The highest BCUT2D eigenvalue weighted by molar-refractivity contribution is 6.00. The lowest BCUT2D eigenvalue weighted by Crippen LogP contribution is -2.68. The average Bonchev–Trinajstić information content (AvgIpc) is 2.82. The molecule has 8 nitrogen and oxygen atoms in total. The molecule has 0 aromatic rings. The summed E-state index contributed by atoms with van der Waals surface area (Å²) in [6.07, 6.45) is 1.08. The van der Waals surface area contributed by atoms with Crippen LogP contribution in [0.5, 0.6) is 0 Å². The Labute approximate surface area is 139 Å². The molecule has 0 aliphatic carbocycles. The summed E-state index contributed by atoms with van der Waals surface area (Å²) in [5.74, 6) is -2.31. The van der Waals surface area contributed by atoms with Gasteiger partial charge >= 0.3 is 12.1 Å². The van der Waals surface area contributed by atoms with Crippen molar-refractivity contribution < 1.29 is 29.3 Å². The molecule has 24 heavy (non-hydrogen) atoms. The summed E-state index contributed by atoms with van der Waals surface area (Å²) in [5.41, 5.74) is 0.513. The molecular formula is C16H20N2O6. The number of carboxylic acid groups (broad SMARTS) is 1. The number of aliphatic hydroxyl groups excluding tert-OH is 1. The first-order valence-corrected chi connectivity index (χ1v) is 7.92. The first kappa shape index (κ1) is 16.5. The van der Waals surface area contributed by atoms with Gasteiger partial charge in [0.05, 0.1) is 24.1 Å². The van der Waals surface area contributed by atoms with E-state index in [0.717, 1.165) is 0 Å². The maximum atomic E-state index is 12.3. The van der Waals surface area contributed by atoms with E-state index in [-0.39, 0.29) is 12.3 Å².